The molecule has 136 valence electrons. The van der Waals surface area contributed by atoms with Gasteiger partial charge >= 0.3 is 0 Å². The minimum atomic E-state index is -3.07. The fourth-order valence-corrected chi connectivity index (χ4v) is 4.96. The van der Waals surface area contributed by atoms with Crippen LogP contribution in [0.3, 0.4) is 0 Å². The van der Waals surface area contributed by atoms with E-state index in [0.29, 0.717) is 17.7 Å². The number of fused-ring (bicyclic) bond motifs is 1. The minimum absolute atomic E-state index is 0.0253. The van der Waals surface area contributed by atoms with Gasteiger partial charge in [0.1, 0.15) is 0 Å². The summed E-state index contributed by atoms with van der Waals surface area (Å²) in [6, 6.07) is 10.8. The molecule has 2 aromatic rings. The number of anilines is 1. The maximum atomic E-state index is 12.8. The van der Waals surface area contributed by atoms with Crippen molar-refractivity contribution in [3.8, 4) is 0 Å². The number of amides is 2. The quantitative estimate of drug-likeness (QED) is 0.860. The third-order valence-corrected chi connectivity index (χ3v) is 6.67. The van der Waals surface area contributed by atoms with Gasteiger partial charge in [-0.2, -0.15) is 0 Å². The number of carbonyl (C=O) groups excluding carboxylic acids is 2. The van der Waals surface area contributed by atoms with E-state index < -0.39 is 9.84 Å². The average Bonchev–Trinajstić information content (AvgIpc) is 3.39. The lowest BCUT2D eigenvalue weighted by Gasteiger charge is -2.15. The summed E-state index contributed by atoms with van der Waals surface area (Å²) in [6.07, 6.45) is 2.17. The maximum Gasteiger partial charge on any atom is 0.253 e. The topological polar surface area (TPSA) is 92.3 Å². The summed E-state index contributed by atoms with van der Waals surface area (Å²) in [5, 5.41) is 7.49. The molecule has 1 saturated heterocycles. The summed E-state index contributed by atoms with van der Waals surface area (Å²) in [4.78, 5) is 25.0. The van der Waals surface area contributed by atoms with Crippen molar-refractivity contribution in [2.24, 2.45) is 5.92 Å². The number of hydrogen-bond acceptors (Lipinski definition) is 4. The summed E-state index contributed by atoms with van der Waals surface area (Å²) in [6.45, 7) is 0. The van der Waals surface area contributed by atoms with Gasteiger partial charge in [-0.3, -0.25) is 9.59 Å². The summed E-state index contributed by atoms with van der Waals surface area (Å²) in [7, 11) is -3.07. The number of carbonyl (C=O) groups is 2. The van der Waals surface area contributed by atoms with Crippen LogP contribution in [0.5, 0.6) is 0 Å². The molecule has 2 aliphatic rings. The van der Waals surface area contributed by atoms with E-state index >= 15 is 0 Å². The maximum absolute atomic E-state index is 12.8. The van der Waals surface area contributed by atoms with Crippen LogP contribution < -0.4 is 10.6 Å². The average molecular weight is 372 g/mol. The van der Waals surface area contributed by atoms with Gasteiger partial charge in [-0.1, -0.05) is 24.3 Å². The Balaban J connectivity index is 1.64. The van der Waals surface area contributed by atoms with E-state index in [9.17, 15) is 18.0 Å². The summed E-state index contributed by atoms with van der Waals surface area (Å²) in [5.41, 5.74) is 0.834. The summed E-state index contributed by atoms with van der Waals surface area (Å²) in [5.74, 6) is -0.337. The van der Waals surface area contributed by atoms with Gasteiger partial charge in [0.15, 0.2) is 9.84 Å². The molecular weight excluding hydrogens is 352 g/mol. The zero-order valence-electron chi connectivity index (χ0n) is 14.2. The zero-order valence-corrected chi connectivity index (χ0v) is 15.0. The van der Waals surface area contributed by atoms with Crippen LogP contribution in [0.1, 0.15) is 29.6 Å². The van der Waals surface area contributed by atoms with Crippen LogP contribution in [0.15, 0.2) is 36.4 Å². The predicted molar refractivity (Wildman–Crippen MR) is 99.8 cm³/mol. The number of sulfone groups is 1. The van der Waals surface area contributed by atoms with Crippen LogP contribution in [0.4, 0.5) is 5.69 Å². The first kappa shape index (κ1) is 17.0. The molecule has 0 radical (unpaired) electrons. The molecule has 2 amide bonds. The Labute approximate surface area is 151 Å². The van der Waals surface area contributed by atoms with Crippen molar-refractivity contribution in [1.82, 2.24) is 5.32 Å². The van der Waals surface area contributed by atoms with Crippen LogP contribution in [0.2, 0.25) is 0 Å². The lowest BCUT2D eigenvalue weighted by molar-refractivity contribution is -0.117. The standard InChI is InChI=1S/C19H20N2O4S/c22-18(12-5-6-12)21-17-10-14-4-2-1-3-13(14)9-16(17)19(23)20-15-7-8-26(24,25)11-15/h1-4,9-10,12,15H,5-8,11H2,(H,20,23)(H,21,22). The van der Waals surface area contributed by atoms with E-state index in [1.807, 2.05) is 24.3 Å². The van der Waals surface area contributed by atoms with Crippen LogP contribution in [-0.4, -0.2) is 37.8 Å². The van der Waals surface area contributed by atoms with Gasteiger partial charge < -0.3 is 10.6 Å². The number of benzene rings is 2. The molecule has 1 atom stereocenters. The van der Waals surface area contributed by atoms with E-state index in [2.05, 4.69) is 10.6 Å². The SMILES string of the molecule is O=C(NC1CCS(=O)(=O)C1)c1cc2ccccc2cc1NC(=O)C1CC1. The Morgan fingerprint density at radius 3 is 2.31 bits per heavy atom. The van der Waals surface area contributed by atoms with Gasteiger partial charge in [-0.05, 0) is 42.2 Å². The van der Waals surface area contributed by atoms with E-state index in [0.717, 1.165) is 23.6 Å². The lowest BCUT2D eigenvalue weighted by Crippen LogP contribution is -2.36. The second-order valence-corrected chi connectivity index (χ2v) is 9.31. The van der Waals surface area contributed by atoms with Crippen molar-refractivity contribution >= 4 is 38.1 Å². The van der Waals surface area contributed by atoms with E-state index in [-0.39, 0.29) is 35.3 Å². The normalized spacial score (nSPS) is 21.5. The monoisotopic (exact) mass is 372 g/mol. The van der Waals surface area contributed by atoms with Crippen molar-refractivity contribution in [1.29, 1.82) is 0 Å². The van der Waals surface area contributed by atoms with Crippen LogP contribution in [0, 0.1) is 5.92 Å². The molecule has 2 N–H and O–H groups in total. The molecule has 0 spiro atoms. The molecule has 4 rings (SSSR count). The van der Waals surface area contributed by atoms with Crippen molar-refractivity contribution in [2.75, 3.05) is 16.8 Å². The Morgan fingerprint density at radius 1 is 1.00 bits per heavy atom. The zero-order chi connectivity index (χ0) is 18.3. The number of hydrogen-bond donors (Lipinski definition) is 2. The molecule has 26 heavy (non-hydrogen) atoms. The summed E-state index contributed by atoms with van der Waals surface area (Å²) >= 11 is 0. The third-order valence-electron chi connectivity index (χ3n) is 4.90. The molecule has 0 aromatic heterocycles. The van der Waals surface area contributed by atoms with Gasteiger partial charge in [-0.15, -0.1) is 0 Å². The van der Waals surface area contributed by atoms with Crippen molar-refractivity contribution in [3.05, 3.63) is 42.0 Å². The molecule has 1 aliphatic carbocycles. The Hall–Kier alpha value is -2.41. The molecule has 7 heteroatoms. The highest BCUT2D eigenvalue weighted by molar-refractivity contribution is 7.91. The second-order valence-electron chi connectivity index (χ2n) is 7.08. The molecular formula is C19H20N2O4S. The molecule has 1 aliphatic heterocycles. The highest BCUT2D eigenvalue weighted by Gasteiger charge is 2.32. The highest BCUT2D eigenvalue weighted by Crippen LogP contribution is 2.32. The first-order chi connectivity index (χ1) is 12.4. The molecule has 0 bridgehead atoms. The van der Waals surface area contributed by atoms with Crippen LogP contribution in [0.25, 0.3) is 10.8 Å². The number of nitrogens with one attached hydrogen (secondary N) is 2. The van der Waals surface area contributed by atoms with Gasteiger partial charge in [0.05, 0.1) is 22.8 Å². The smallest absolute Gasteiger partial charge is 0.253 e. The molecule has 1 heterocycles. The Bertz CT molecular complexity index is 996. The third kappa shape index (κ3) is 3.58. The molecule has 6 nitrogen and oxygen atoms in total. The van der Waals surface area contributed by atoms with E-state index in [1.54, 1.807) is 12.1 Å². The largest absolute Gasteiger partial charge is 0.348 e. The molecule has 1 saturated carbocycles. The van der Waals surface area contributed by atoms with Crippen molar-refractivity contribution < 1.29 is 18.0 Å². The molecule has 2 fully saturated rings. The highest BCUT2D eigenvalue weighted by atomic mass is 32.2. The second kappa shape index (κ2) is 6.39. The van der Waals surface area contributed by atoms with Gasteiger partial charge in [-0.25, -0.2) is 8.42 Å². The van der Waals surface area contributed by atoms with Crippen LogP contribution >= 0.6 is 0 Å². The first-order valence-corrected chi connectivity index (χ1v) is 10.6. The first-order valence-electron chi connectivity index (χ1n) is 8.76. The van der Waals surface area contributed by atoms with Crippen LogP contribution in [-0.2, 0) is 14.6 Å². The van der Waals surface area contributed by atoms with E-state index in [1.165, 1.54) is 0 Å². The predicted octanol–water partition coefficient (Wildman–Crippen LogP) is 2.11. The molecule has 1 unspecified atom stereocenters. The fraction of sp³-hybridized carbons (Fsp3) is 0.368. The van der Waals surface area contributed by atoms with Gasteiger partial charge in [0.25, 0.3) is 5.91 Å². The molecule has 2 aromatic carbocycles. The van der Waals surface area contributed by atoms with Gasteiger partial charge in [0.2, 0.25) is 5.91 Å². The van der Waals surface area contributed by atoms with Crippen molar-refractivity contribution in [3.63, 3.8) is 0 Å². The Kier molecular flexibility index (Phi) is 4.19. The summed E-state index contributed by atoms with van der Waals surface area (Å²) < 4.78 is 23.2. The van der Waals surface area contributed by atoms with Crippen molar-refractivity contribution in [2.45, 2.75) is 25.3 Å². The van der Waals surface area contributed by atoms with E-state index in [4.69, 9.17) is 0 Å². The van der Waals surface area contributed by atoms with Gasteiger partial charge in [0, 0.05) is 12.0 Å². The lowest BCUT2D eigenvalue weighted by atomic mass is 10.0. The minimum Gasteiger partial charge on any atom is -0.348 e. The number of rotatable bonds is 4. The Morgan fingerprint density at radius 2 is 1.69 bits per heavy atom. The fourth-order valence-electron chi connectivity index (χ4n) is 3.28.